The zero-order valence-corrected chi connectivity index (χ0v) is 17.1. The average Bonchev–Trinajstić information content (AvgIpc) is 3.21. The number of rotatable bonds is 3. The second-order valence-electron chi connectivity index (χ2n) is 8.24. The lowest BCUT2D eigenvalue weighted by Crippen LogP contribution is -2.29. The molecular weight excluding hydrogens is 401 g/mol. The zero-order chi connectivity index (χ0) is 19.5. The van der Waals surface area contributed by atoms with E-state index in [0.717, 1.165) is 18.5 Å². The van der Waals surface area contributed by atoms with E-state index < -0.39 is 5.67 Å². The first kappa shape index (κ1) is 18.2. The third-order valence-corrected chi connectivity index (χ3v) is 7.32. The van der Waals surface area contributed by atoms with Crippen molar-refractivity contribution in [3.8, 4) is 0 Å². The maximum absolute atomic E-state index is 14.2. The van der Waals surface area contributed by atoms with Gasteiger partial charge in [0.2, 0.25) is 0 Å². The molecule has 1 N–H and O–H groups in total. The van der Waals surface area contributed by atoms with E-state index >= 15 is 0 Å². The van der Waals surface area contributed by atoms with E-state index in [-0.39, 0.29) is 23.4 Å². The monoisotopic (exact) mass is 421 g/mol. The maximum atomic E-state index is 14.2. The Labute approximate surface area is 170 Å². The summed E-state index contributed by atoms with van der Waals surface area (Å²) in [5.74, 6) is 1.03. The van der Waals surface area contributed by atoms with Crippen LogP contribution in [0.4, 0.5) is 4.39 Å². The maximum Gasteiger partial charge on any atom is 0.262 e. The Hall–Kier alpha value is -1.80. The molecule has 2 fully saturated rings. The van der Waals surface area contributed by atoms with Crippen LogP contribution in [0.1, 0.15) is 74.8 Å². The normalized spacial score (nSPS) is 30.5. The quantitative estimate of drug-likeness (QED) is 0.663. The first-order valence-corrected chi connectivity index (χ1v) is 10.9. The van der Waals surface area contributed by atoms with Gasteiger partial charge < -0.3 is 4.98 Å². The smallest absolute Gasteiger partial charge is 0.262 e. The summed E-state index contributed by atoms with van der Waals surface area (Å²) in [6, 6.07) is 0.0815. The van der Waals surface area contributed by atoms with Crippen molar-refractivity contribution in [3.05, 3.63) is 37.9 Å². The fourth-order valence-electron chi connectivity index (χ4n) is 4.46. The molecule has 2 atom stereocenters. The lowest BCUT2D eigenvalue weighted by Gasteiger charge is -2.34. The summed E-state index contributed by atoms with van der Waals surface area (Å²) in [4.78, 5) is 24.8. The highest BCUT2D eigenvalue weighted by molar-refractivity contribution is 7.13. The molecule has 2 aliphatic rings. The number of thiazole rings is 1. The van der Waals surface area contributed by atoms with Crippen LogP contribution in [0.15, 0.2) is 16.4 Å². The van der Waals surface area contributed by atoms with Crippen molar-refractivity contribution < 1.29 is 4.39 Å². The van der Waals surface area contributed by atoms with E-state index in [9.17, 15) is 9.18 Å². The molecule has 3 heterocycles. The molecule has 5 rings (SSSR count). The summed E-state index contributed by atoms with van der Waals surface area (Å²) in [5.41, 5.74) is 0.299. The number of aromatic amines is 1. The first-order chi connectivity index (χ1) is 13.4. The van der Waals surface area contributed by atoms with E-state index in [1.807, 2.05) is 10.1 Å². The number of aromatic nitrogens is 5. The van der Waals surface area contributed by atoms with Gasteiger partial charge in [0.25, 0.3) is 5.56 Å². The summed E-state index contributed by atoms with van der Waals surface area (Å²) >= 11 is 7.42. The summed E-state index contributed by atoms with van der Waals surface area (Å²) in [7, 11) is 0. The highest BCUT2D eigenvalue weighted by atomic mass is 35.5. The Bertz CT molecular complexity index is 1080. The molecule has 0 unspecified atom stereocenters. The van der Waals surface area contributed by atoms with Crippen LogP contribution >= 0.6 is 22.9 Å². The molecule has 0 spiro atoms. The zero-order valence-electron chi connectivity index (χ0n) is 15.5. The van der Waals surface area contributed by atoms with E-state index in [0.29, 0.717) is 47.0 Å². The number of nitrogens with zero attached hydrogens (tertiary/aromatic N) is 4. The summed E-state index contributed by atoms with van der Waals surface area (Å²) in [6.45, 7) is 1.66. The second-order valence-corrected chi connectivity index (χ2v) is 9.68. The number of halogens is 2. The van der Waals surface area contributed by atoms with E-state index in [1.165, 1.54) is 11.3 Å². The minimum Gasteiger partial charge on any atom is -0.310 e. The van der Waals surface area contributed by atoms with Gasteiger partial charge in [0, 0.05) is 17.2 Å². The molecule has 148 valence electrons. The Morgan fingerprint density at radius 3 is 2.64 bits per heavy atom. The number of hydrogen-bond donors (Lipinski definition) is 1. The van der Waals surface area contributed by atoms with Gasteiger partial charge >= 0.3 is 0 Å². The fraction of sp³-hybridized carbons (Fsp3) is 0.579. The Morgan fingerprint density at radius 2 is 2.00 bits per heavy atom. The molecule has 2 aliphatic carbocycles. The van der Waals surface area contributed by atoms with Gasteiger partial charge in [-0.25, -0.2) is 19.0 Å². The number of alkyl halides is 1. The minimum atomic E-state index is -1.11. The van der Waals surface area contributed by atoms with Crippen LogP contribution < -0.4 is 5.56 Å². The van der Waals surface area contributed by atoms with Crippen molar-refractivity contribution in [2.45, 2.75) is 69.0 Å². The molecule has 0 radical (unpaired) electrons. The van der Waals surface area contributed by atoms with Gasteiger partial charge in [-0.1, -0.05) is 11.6 Å². The van der Waals surface area contributed by atoms with Crippen LogP contribution in [-0.4, -0.2) is 30.4 Å². The van der Waals surface area contributed by atoms with Gasteiger partial charge in [0.15, 0.2) is 10.1 Å². The predicted octanol–water partition coefficient (Wildman–Crippen LogP) is 4.73. The van der Waals surface area contributed by atoms with Crippen molar-refractivity contribution in [2.24, 2.45) is 0 Å². The molecule has 0 bridgehead atoms. The first-order valence-electron chi connectivity index (χ1n) is 9.68. The van der Waals surface area contributed by atoms with Gasteiger partial charge in [0.1, 0.15) is 16.9 Å². The van der Waals surface area contributed by atoms with Crippen LogP contribution in [0, 0.1) is 0 Å². The molecule has 0 aliphatic heterocycles. The van der Waals surface area contributed by atoms with E-state index in [4.69, 9.17) is 16.6 Å². The minimum absolute atomic E-state index is 0.0815. The molecule has 3 aromatic rings. The number of hydrogen-bond acceptors (Lipinski definition) is 5. The molecule has 28 heavy (non-hydrogen) atoms. The SMILES string of the molecule is CC1(F)CCC(n2ncc3c(=O)[nH]c([C@H]4CC[C@H]4c4csc(Cl)n4)nc32)CC1. The molecule has 0 saturated heterocycles. The van der Waals surface area contributed by atoms with Gasteiger partial charge in [-0.3, -0.25) is 4.79 Å². The lowest BCUT2D eigenvalue weighted by atomic mass is 9.71. The third kappa shape index (κ3) is 3.06. The lowest BCUT2D eigenvalue weighted by molar-refractivity contribution is 0.103. The molecule has 2 saturated carbocycles. The predicted molar refractivity (Wildman–Crippen MR) is 107 cm³/mol. The van der Waals surface area contributed by atoms with Crippen molar-refractivity contribution in [1.29, 1.82) is 0 Å². The molecule has 0 amide bonds. The third-order valence-electron chi connectivity index (χ3n) is 6.32. The van der Waals surface area contributed by atoms with Gasteiger partial charge in [-0.2, -0.15) is 5.10 Å². The number of fused-ring (bicyclic) bond motifs is 1. The van der Waals surface area contributed by atoms with Gasteiger partial charge in [0.05, 0.1) is 17.9 Å². The molecular formula is C19H21ClFN5OS. The summed E-state index contributed by atoms with van der Waals surface area (Å²) in [5, 5.41) is 6.91. The Morgan fingerprint density at radius 1 is 1.25 bits per heavy atom. The van der Waals surface area contributed by atoms with Gasteiger partial charge in [-0.15, -0.1) is 11.3 Å². The summed E-state index contributed by atoms with van der Waals surface area (Å²) < 4.78 is 16.5. The Kier molecular flexibility index (Phi) is 4.32. The van der Waals surface area contributed by atoms with Crippen LogP contribution in [0.5, 0.6) is 0 Å². The molecule has 6 nitrogen and oxygen atoms in total. The topological polar surface area (TPSA) is 76.5 Å². The fourth-order valence-corrected chi connectivity index (χ4v) is 5.29. The summed E-state index contributed by atoms with van der Waals surface area (Å²) in [6.07, 6.45) is 5.95. The average molecular weight is 422 g/mol. The standard InChI is InChI=1S/C19H21ClFN5OS/c1-19(21)6-4-10(5-7-19)26-16-13(8-22-26)17(27)25-15(24-16)12-3-2-11(12)14-9-28-18(20)23-14/h8-12H,2-7H2,1H3,(H,24,25,27)/t10?,11-,12+,19?/m1/s1. The highest BCUT2D eigenvalue weighted by Gasteiger charge is 2.38. The molecule has 3 aromatic heterocycles. The van der Waals surface area contributed by atoms with Crippen LogP contribution in [0.2, 0.25) is 4.47 Å². The van der Waals surface area contributed by atoms with Gasteiger partial charge in [-0.05, 0) is 45.4 Å². The Balaban J connectivity index is 1.49. The second kappa shape index (κ2) is 6.62. The van der Waals surface area contributed by atoms with Crippen molar-refractivity contribution in [3.63, 3.8) is 0 Å². The van der Waals surface area contributed by atoms with E-state index in [1.54, 1.807) is 13.1 Å². The van der Waals surface area contributed by atoms with Crippen molar-refractivity contribution >= 4 is 34.0 Å². The van der Waals surface area contributed by atoms with Crippen LogP contribution in [0.25, 0.3) is 11.0 Å². The molecule has 0 aromatic carbocycles. The van der Waals surface area contributed by atoms with Crippen LogP contribution in [-0.2, 0) is 0 Å². The number of nitrogens with one attached hydrogen (secondary N) is 1. The van der Waals surface area contributed by atoms with Crippen molar-refractivity contribution in [2.75, 3.05) is 0 Å². The van der Waals surface area contributed by atoms with Crippen LogP contribution in [0.3, 0.4) is 0 Å². The highest BCUT2D eigenvalue weighted by Crippen LogP contribution is 2.48. The van der Waals surface area contributed by atoms with Crippen molar-refractivity contribution in [1.82, 2.24) is 24.7 Å². The molecule has 9 heteroatoms. The number of H-pyrrole nitrogens is 1. The largest absolute Gasteiger partial charge is 0.310 e. The van der Waals surface area contributed by atoms with E-state index in [2.05, 4.69) is 15.1 Å².